The Labute approximate surface area is 119 Å². The zero-order valence-corrected chi connectivity index (χ0v) is 11.8. The van der Waals surface area contributed by atoms with Crippen LogP contribution in [0.1, 0.15) is 12.0 Å². The fraction of sp³-hybridized carbons (Fsp3) is 0.294. The number of benzene rings is 1. The molecule has 20 heavy (non-hydrogen) atoms. The molecule has 3 heteroatoms. The fourth-order valence-corrected chi connectivity index (χ4v) is 2.69. The topological polar surface area (TPSA) is 32.6 Å². The number of ether oxygens (including phenoxy) is 2. The molecule has 104 valence electrons. The lowest BCUT2D eigenvalue weighted by Gasteiger charge is -2.34. The Kier molecular flexibility index (Phi) is 3.50. The van der Waals surface area contributed by atoms with E-state index in [-0.39, 0.29) is 0 Å². The van der Waals surface area contributed by atoms with Crippen LogP contribution in [0.15, 0.2) is 53.3 Å². The third-order valence-electron chi connectivity index (χ3n) is 3.72. The molecule has 0 radical (unpaired) electrons. The summed E-state index contributed by atoms with van der Waals surface area (Å²) in [4.78, 5) is 0. The van der Waals surface area contributed by atoms with Crippen LogP contribution in [0, 0.1) is 0 Å². The molecule has 1 aromatic rings. The van der Waals surface area contributed by atoms with E-state index in [2.05, 4.69) is 29.6 Å². The van der Waals surface area contributed by atoms with E-state index >= 15 is 0 Å². The average Bonchev–Trinajstić information content (AvgIpc) is 2.96. The summed E-state index contributed by atoms with van der Waals surface area (Å²) in [5.74, 6) is 1.53. The molecule has 1 aliphatic carbocycles. The average molecular weight is 268 g/mol. The Hall–Kier alpha value is -2.16. The van der Waals surface area contributed by atoms with Gasteiger partial charge in [0, 0.05) is 0 Å². The van der Waals surface area contributed by atoms with Crippen molar-refractivity contribution in [1.29, 1.82) is 0 Å². The third-order valence-corrected chi connectivity index (χ3v) is 3.72. The Morgan fingerprint density at radius 2 is 2.00 bits per heavy atom. The van der Waals surface area contributed by atoms with Gasteiger partial charge in [-0.1, -0.05) is 24.3 Å². The standard InChI is InChI=1S/C17H18NO2/c1-19-16-7-6-12(11-17(16)20-2)10-15-14-5-3-4-13(14)8-9-18-15/h3-7,11H,8-10H2,1-2H3/q-1. The van der Waals surface area contributed by atoms with Crippen LogP contribution in [0.4, 0.5) is 0 Å². The molecule has 1 heterocycles. The second-order valence-corrected chi connectivity index (χ2v) is 4.91. The molecule has 0 bridgehead atoms. The van der Waals surface area contributed by atoms with Gasteiger partial charge in [0.1, 0.15) is 0 Å². The molecule has 3 rings (SSSR count). The number of methoxy groups -OCH3 is 2. The van der Waals surface area contributed by atoms with E-state index in [1.807, 2.05) is 12.1 Å². The van der Waals surface area contributed by atoms with Crippen molar-refractivity contribution >= 4 is 0 Å². The number of hydrogen-bond acceptors (Lipinski definition) is 2. The normalized spacial score (nSPS) is 16.6. The van der Waals surface area contributed by atoms with Gasteiger partial charge in [-0.2, -0.15) is 5.70 Å². The maximum absolute atomic E-state index is 5.36. The summed E-state index contributed by atoms with van der Waals surface area (Å²) in [6.45, 7) is 0.889. The summed E-state index contributed by atoms with van der Waals surface area (Å²) < 4.78 is 10.6. The van der Waals surface area contributed by atoms with Crippen LogP contribution in [0.5, 0.6) is 11.5 Å². The molecule has 0 amide bonds. The van der Waals surface area contributed by atoms with E-state index in [4.69, 9.17) is 9.47 Å². The first-order chi connectivity index (χ1) is 9.81. The van der Waals surface area contributed by atoms with Crippen molar-refractivity contribution in [3.63, 3.8) is 0 Å². The van der Waals surface area contributed by atoms with Gasteiger partial charge in [-0.05, 0) is 41.7 Å². The molecule has 0 N–H and O–H groups in total. The van der Waals surface area contributed by atoms with Crippen LogP contribution in [0.25, 0.3) is 5.32 Å². The van der Waals surface area contributed by atoms with E-state index in [1.165, 1.54) is 22.4 Å². The highest BCUT2D eigenvalue weighted by molar-refractivity contribution is 5.57. The fourth-order valence-electron chi connectivity index (χ4n) is 2.69. The molecule has 0 unspecified atom stereocenters. The minimum atomic E-state index is 0.760. The summed E-state index contributed by atoms with van der Waals surface area (Å²) in [6, 6.07) is 6.04. The van der Waals surface area contributed by atoms with Gasteiger partial charge in [-0.15, -0.1) is 6.54 Å². The maximum atomic E-state index is 5.36. The summed E-state index contributed by atoms with van der Waals surface area (Å²) in [5.41, 5.74) is 5.07. The van der Waals surface area contributed by atoms with Crippen molar-refractivity contribution in [1.82, 2.24) is 0 Å². The van der Waals surface area contributed by atoms with Crippen molar-refractivity contribution in [2.45, 2.75) is 12.8 Å². The SMILES string of the molecule is COc1ccc(CC2=C3C=CC=C3CC[N-]2)cc1OC. The Morgan fingerprint density at radius 1 is 1.15 bits per heavy atom. The molecule has 0 aromatic heterocycles. The quantitative estimate of drug-likeness (QED) is 0.832. The molecule has 0 saturated carbocycles. The van der Waals surface area contributed by atoms with Crippen LogP contribution in [-0.4, -0.2) is 20.8 Å². The van der Waals surface area contributed by atoms with Crippen molar-refractivity contribution in [2.24, 2.45) is 0 Å². The predicted molar refractivity (Wildman–Crippen MR) is 80.3 cm³/mol. The first-order valence-corrected chi connectivity index (χ1v) is 6.81. The highest BCUT2D eigenvalue weighted by Crippen LogP contribution is 2.35. The molecule has 0 saturated heterocycles. The minimum Gasteiger partial charge on any atom is -0.687 e. The van der Waals surface area contributed by atoms with Crippen molar-refractivity contribution in [3.8, 4) is 11.5 Å². The second kappa shape index (κ2) is 5.45. The van der Waals surface area contributed by atoms with Gasteiger partial charge in [-0.3, -0.25) is 0 Å². The van der Waals surface area contributed by atoms with E-state index in [0.717, 1.165) is 30.9 Å². The van der Waals surface area contributed by atoms with Gasteiger partial charge < -0.3 is 14.8 Å². The van der Waals surface area contributed by atoms with Crippen molar-refractivity contribution < 1.29 is 9.47 Å². The monoisotopic (exact) mass is 268 g/mol. The van der Waals surface area contributed by atoms with E-state index in [9.17, 15) is 0 Å². The molecule has 3 nitrogen and oxygen atoms in total. The highest BCUT2D eigenvalue weighted by Gasteiger charge is 2.12. The molecule has 1 aliphatic heterocycles. The zero-order valence-electron chi connectivity index (χ0n) is 11.8. The van der Waals surface area contributed by atoms with Crippen LogP contribution < -0.4 is 9.47 Å². The lowest BCUT2D eigenvalue weighted by atomic mass is 9.96. The van der Waals surface area contributed by atoms with Crippen LogP contribution in [0.3, 0.4) is 0 Å². The molecule has 2 aliphatic rings. The number of nitrogens with zero attached hydrogens (tertiary/aromatic N) is 1. The summed E-state index contributed by atoms with van der Waals surface area (Å²) >= 11 is 0. The van der Waals surface area contributed by atoms with Gasteiger partial charge in [-0.25, -0.2) is 0 Å². The molecule has 1 aromatic carbocycles. The number of allylic oxidation sites excluding steroid dienone is 5. The van der Waals surface area contributed by atoms with Gasteiger partial charge in [0.05, 0.1) is 14.2 Å². The maximum Gasteiger partial charge on any atom is 0.160 e. The predicted octanol–water partition coefficient (Wildman–Crippen LogP) is 3.77. The first-order valence-electron chi connectivity index (χ1n) is 6.81. The van der Waals surface area contributed by atoms with Gasteiger partial charge in [0.25, 0.3) is 0 Å². The van der Waals surface area contributed by atoms with E-state index in [0.29, 0.717) is 0 Å². The van der Waals surface area contributed by atoms with Crippen LogP contribution in [-0.2, 0) is 6.42 Å². The number of hydrogen-bond donors (Lipinski definition) is 0. The zero-order chi connectivity index (χ0) is 13.9. The van der Waals surface area contributed by atoms with Crippen LogP contribution in [0.2, 0.25) is 0 Å². The summed E-state index contributed by atoms with van der Waals surface area (Å²) in [5, 5.41) is 4.68. The van der Waals surface area contributed by atoms with Crippen molar-refractivity contribution in [3.05, 3.63) is 64.2 Å². The van der Waals surface area contributed by atoms with Gasteiger partial charge >= 0.3 is 0 Å². The molecule has 0 spiro atoms. The Morgan fingerprint density at radius 3 is 2.80 bits per heavy atom. The molecular formula is C17H18NO2-. The van der Waals surface area contributed by atoms with Crippen LogP contribution >= 0.6 is 0 Å². The molecular weight excluding hydrogens is 250 g/mol. The molecule has 0 fully saturated rings. The highest BCUT2D eigenvalue weighted by atomic mass is 16.5. The summed E-state index contributed by atoms with van der Waals surface area (Å²) in [7, 11) is 3.31. The largest absolute Gasteiger partial charge is 0.687 e. The second-order valence-electron chi connectivity index (χ2n) is 4.91. The van der Waals surface area contributed by atoms with Gasteiger partial charge in [0.2, 0.25) is 0 Å². The third kappa shape index (κ3) is 2.31. The Balaban J connectivity index is 1.88. The van der Waals surface area contributed by atoms with E-state index < -0.39 is 0 Å². The summed E-state index contributed by atoms with van der Waals surface area (Å²) in [6.07, 6.45) is 8.35. The molecule has 0 atom stereocenters. The lowest BCUT2D eigenvalue weighted by molar-refractivity contribution is 0.354. The lowest BCUT2D eigenvalue weighted by Crippen LogP contribution is -2.05. The van der Waals surface area contributed by atoms with E-state index in [1.54, 1.807) is 14.2 Å². The Bertz CT molecular complexity index is 611. The minimum absolute atomic E-state index is 0.760. The number of fused-ring (bicyclic) bond motifs is 1. The smallest absolute Gasteiger partial charge is 0.160 e. The van der Waals surface area contributed by atoms with Gasteiger partial charge in [0.15, 0.2) is 11.5 Å². The number of rotatable bonds is 4. The first kappa shape index (κ1) is 12.9. The van der Waals surface area contributed by atoms with Crippen molar-refractivity contribution in [2.75, 3.05) is 20.8 Å².